The van der Waals surface area contributed by atoms with Crippen LogP contribution in [0.4, 0.5) is 15.4 Å². The van der Waals surface area contributed by atoms with E-state index in [1.807, 2.05) is 0 Å². The van der Waals surface area contributed by atoms with Crippen LogP contribution in [0.3, 0.4) is 0 Å². The van der Waals surface area contributed by atoms with Crippen LogP contribution in [-0.2, 0) is 9.47 Å². The lowest BCUT2D eigenvalue weighted by Gasteiger charge is -2.28. The van der Waals surface area contributed by atoms with E-state index in [9.17, 15) is 9.59 Å². The Morgan fingerprint density at radius 1 is 1.12 bits per heavy atom. The van der Waals surface area contributed by atoms with Crippen LogP contribution in [0.2, 0.25) is 0 Å². The van der Waals surface area contributed by atoms with Crippen molar-refractivity contribution in [2.45, 2.75) is 52.7 Å². The van der Waals surface area contributed by atoms with Crippen LogP contribution >= 0.6 is 0 Å². The Labute approximate surface area is 152 Å². The highest BCUT2D eigenvalue weighted by atomic mass is 16.6. The quantitative estimate of drug-likeness (QED) is 0.789. The Morgan fingerprint density at radius 2 is 1.62 bits per heavy atom. The molecule has 1 aromatic heterocycles. The minimum atomic E-state index is -0.940. The number of imide groups is 1. The van der Waals surface area contributed by atoms with Gasteiger partial charge in [-0.25, -0.2) is 19.6 Å². The van der Waals surface area contributed by atoms with Crippen LogP contribution < -0.4 is 10.6 Å². The second-order valence-electron chi connectivity index (χ2n) is 7.30. The van der Waals surface area contributed by atoms with Gasteiger partial charge in [0.2, 0.25) is 0 Å². The summed E-state index contributed by atoms with van der Waals surface area (Å²) in [6, 6.07) is 1.36. The molecule has 0 aliphatic carbocycles. The van der Waals surface area contributed by atoms with E-state index in [0.717, 1.165) is 12.4 Å². The maximum Gasteiger partial charge on any atom is 0.425 e. The molecule has 1 aromatic rings. The van der Waals surface area contributed by atoms with E-state index in [1.54, 1.807) is 41.5 Å². The highest BCUT2D eigenvalue weighted by Gasteiger charge is 2.33. The SMILES string of the molecule is CC(C)(C)OC(=O)N(C(=O)OC(C)(C)C)c1ccnc(/C(C=N)=C/N)n1. The predicted octanol–water partition coefficient (Wildman–Crippen LogP) is 3.10. The van der Waals surface area contributed by atoms with Crippen molar-refractivity contribution in [2.24, 2.45) is 5.73 Å². The molecular weight excluding hydrogens is 338 g/mol. The van der Waals surface area contributed by atoms with Gasteiger partial charge in [-0.3, -0.25) is 0 Å². The van der Waals surface area contributed by atoms with Gasteiger partial charge in [-0.2, -0.15) is 4.90 Å². The first-order valence-electron chi connectivity index (χ1n) is 7.90. The van der Waals surface area contributed by atoms with Crippen LogP contribution in [0.25, 0.3) is 5.57 Å². The molecule has 0 aliphatic heterocycles. The van der Waals surface area contributed by atoms with Gasteiger partial charge in [-0.05, 0) is 41.5 Å². The molecule has 9 heteroatoms. The van der Waals surface area contributed by atoms with Crippen LogP contribution in [0.15, 0.2) is 18.5 Å². The Kier molecular flexibility index (Phi) is 6.44. The molecule has 0 atom stereocenters. The zero-order valence-corrected chi connectivity index (χ0v) is 15.9. The van der Waals surface area contributed by atoms with Crippen molar-refractivity contribution in [3.63, 3.8) is 0 Å². The minimum Gasteiger partial charge on any atom is -0.443 e. The average Bonchev–Trinajstić information content (AvgIpc) is 2.45. The highest BCUT2D eigenvalue weighted by Crippen LogP contribution is 2.21. The van der Waals surface area contributed by atoms with Crippen molar-refractivity contribution in [3.05, 3.63) is 24.3 Å². The topological polar surface area (TPSA) is 131 Å². The number of hydrogen-bond donors (Lipinski definition) is 2. The molecule has 26 heavy (non-hydrogen) atoms. The molecule has 9 nitrogen and oxygen atoms in total. The van der Waals surface area contributed by atoms with Gasteiger partial charge in [-0.1, -0.05) is 0 Å². The molecule has 1 heterocycles. The fourth-order valence-electron chi connectivity index (χ4n) is 1.68. The number of nitrogens with two attached hydrogens (primary N) is 1. The number of carbonyl (C=O) groups is 2. The first kappa shape index (κ1) is 21.1. The van der Waals surface area contributed by atoms with Crippen LogP contribution in [0, 0.1) is 5.41 Å². The summed E-state index contributed by atoms with van der Waals surface area (Å²) in [6.45, 7) is 10.0. The Balaban J connectivity index is 3.36. The zero-order chi connectivity index (χ0) is 20.1. The lowest BCUT2D eigenvalue weighted by atomic mass is 10.2. The summed E-state index contributed by atoms with van der Waals surface area (Å²) in [5.74, 6) is 0.0248. The normalized spacial score (nSPS) is 12.3. The number of amides is 2. The Bertz CT molecular complexity index is 689. The molecule has 3 N–H and O–H groups in total. The standard InChI is InChI=1S/C17H25N5O4/c1-16(2,3)25-14(23)22(15(24)26-17(4,5)6)12-7-8-20-13(21-12)11(9-18)10-19/h7-10,18H,19H2,1-6H3/b11-10+,18-9?. The van der Waals surface area contributed by atoms with E-state index in [2.05, 4.69) is 9.97 Å². The second kappa shape index (κ2) is 7.94. The van der Waals surface area contributed by atoms with Crippen LogP contribution in [0.1, 0.15) is 47.4 Å². The summed E-state index contributed by atoms with van der Waals surface area (Å²) >= 11 is 0. The maximum atomic E-state index is 12.6. The summed E-state index contributed by atoms with van der Waals surface area (Å²) in [5, 5.41) is 7.33. The van der Waals surface area contributed by atoms with E-state index in [1.165, 1.54) is 12.3 Å². The third kappa shape index (κ3) is 6.15. The molecule has 2 amide bonds. The molecule has 0 saturated carbocycles. The number of allylic oxidation sites excluding steroid dienone is 1. The van der Waals surface area contributed by atoms with Gasteiger partial charge in [0.1, 0.15) is 11.2 Å². The van der Waals surface area contributed by atoms with Gasteiger partial charge in [0, 0.05) is 24.7 Å². The first-order valence-corrected chi connectivity index (χ1v) is 7.90. The summed E-state index contributed by atoms with van der Waals surface area (Å²) in [7, 11) is 0. The van der Waals surface area contributed by atoms with Crippen LogP contribution in [-0.4, -0.2) is 39.6 Å². The van der Waals surface area contributed by atoms with Crippen molar-refractivity contribution < 1.29 is 19.1 Å². The number of hydrogen-bond acceptors (Lipinski definition) is 8. The lowest BCUT2D eigenvalue weighted by molar-refractivity contribution is 0.0429. The second-order valence-corrected chi connectivity index (χ2v) is 7.30. The van der Waals surface area contributed by atoms with Crippen molar-refractivity contribution in [2.75, 3.05) is 4.90 Å². The molecule has 142 valence electrons. The largest absolute Gasteiger partial charge is 0.443 e. The van der Waals surface area contributed by atoms with Gasteiger partial charge >= 0.3 is 12.2 Å². The van der Waals surface area contributed by atoms with E-state index in [4.69, 9.17) is 20.6 Å². The van der Waals surface area contributed by atoms with Crippen molar-refractivity contribution in [1.82, 2.24) is 9.97 Å². The molecule has 0 spiro atoms. The summed E-state index contributed by atoms with van der Waals surface area (Å²) in [6.07, 6.45) is 1.57. The molecule has 0 aliphatic rings. The zero-order valence-electron chi connectivity index (χ0n) is 15.9. The monoisotopic (exact) mass is 363 g/mol. The number of nitrogens with one attached hydrogen (secondary N) is 1. The number of nitrogens with zero attached hydrogens (tertiary/aromatic N) is 3. The third-order valence-corrected chi connectivity index (χ3v) is 2.62. The fraction of sp³-hybridized carbons (Fsp3) is 0.471. The predicted molar refractivity (Wildman–Crippen MR) is 97.9 cm³/mol. The van der Waals surface area contributed by atoms with E-state index >= 15 is 0 Å². The first-order chi connectivity index (χ1) is 11.9. The smallest absolute Gasteiger partial charge is 0.425 e. The maximum absolute atomic E-state index is 12.6. The molecule has 0 saturated heterocycles. The number of ether oxygens (including phenoxy) is 2. The summed E-state index contributed by atoms with van der Waals surface area (Å²) in [4.78, 5) is 33.9. The number of aromatic nitrogens is 2. The molecule has 0 fully saturated rings. The number of anilines is 1. The molecule has 0 unspecified atom stereocenters. The molecule has 1 rings (SSSR count). The minimum absolute atomic E-state index is 0.0558. The van der Waals surface area contributed by atoms with Crippen molar-refractivity contribution in [1.29, 1.82) is 5.41 Å². The van der Waals surface area contributed by atoms with Gasteiger partial charge in [0.05, 0.1) is 5.57 Å². The van der Waals surface area contributed by atoms with E-state index < -0.39 is 23.4 Å². The molecule has 0 radical (unpaired) electrons. The van der Waals surface area contributed by atoms with Crippen molar-refractivity contribution >= 4 is 29.8 Å². The van der Waals surface area contributed by atoms with E-state index in [-0.39, 0.29) is 17.2 Å². The van der Waals surface area contributed by atoms with Crippen molar-refractivity contribution in [3.8, 4) is 0 Å². The highest BCUT2D eigenvalue weighted by molar-refractivity contribution is 6.09. The van der Waals surface area contributed by atoms with E-state index in [0.29, 0.717) is 4.90 Å². The van der Waals surface area contributed by atoms with Gasteiger partial charge < -0.3 is 20.6 Å². The number of carbonyl (C=O) groups excluding carboxylic acids is 2. The average molecular weight is 363 g/mol. The third-order valence-electron chi connectivity index (χ3n) is 2.62. The van der Waals surface area contributed by atoms with Gasteiger partial charge in [0.15, 0.2) is 11.6 Å². The lowest BCUT2D eigenvalue weighted by Crippen LogP contribution is -2.44. The van der Waals surface area contributed by atoms with Gasteiger partial charge in [0.25, 0.3) is 0 Å². The summed E-state index contributed by atoms with van der Waals surface area (Å²) in [5.41, 5.74) is 4.00. The van der Waals surface area contributed by atoms with Crippen LogP contribution in [0.5, 0.6) is 0 Å². The molecule has 0 bridgehead atoms. The Hall–Kier alpha value is -2.97. The molecular formula is C17H25N5O4. The number of rotatable bonds is 3. The van der Waals surface area contributed by atoms with Gasteiger partial charge in [-0.15, -0.1) is 0 Å². The Morgan fingerprint density at radius 3 is 2.00 bits per heavy atom. The molecule has 0 aromatic carbocycles. The summed E-state index contributed by atoms with van der Waals surface area (Å²) < 4.78 is 10.6. The fourth-order valence-corrected chi connectivity index (χ4v) is 1.68.